The number of benzene rings is 1. The van der Waals surface area contributed by atoms with Crippen LogP contribution in [-0.2, 0) is 9.47 Å². The van der Waals surface area contributed by atoms with Crippen molar-refractivity contribution in [3.8, 4) is 5.69 Å². The number of methoxy groups -OCH3 is 2. The minimum Gasteiger partial charge on any atom is -0.376 e. The molecule has 1 aromatic heterocycles. The van der Waals surface area contributed by atoms with Crippen LogP contribution < -0.4 is 5.32 Å². The van der Waals surface area contributed by atoms with Crippen molar-refractivity contribution >= 4 is 17.3 Å². The van der Waals surface area contributed by atoms with Crippen LogP contribution >= 0.6 is 11.6 Å². The Kier molecular flexibility index (Phi) is 5.00. The highest BCUT2D eigenvalue weighted by molar-refractivity contribution is 6.31. The molecule has 1 heterocycles. The third kappa shape index (κ3) is 3.30. The van der Waals surface area contributed by atoms with E-state index in [-0.39, 0.29) is 12.3 Å². The molecule has 108 valence electrons. The van der Waals surface area contributed by atoms with Crippen molar-refractivity contribution in [1.29, 1.82) is 0 Å². The van der Waals surface area contributed by atoms with E-state index in [0.717, 1.165) is 11.4 Å². The molecule has 0 radical (unpaired) electrons. The third-order valence-electron chi connectivity index (χ3n) is 2.97. The summed E-state index contributed by atoms with van der Waals surface area (Å²) in [4.78, 5) is 0. The zero-order valence-electron chi connectivity index (χ0n) is 11.7. The maximum atomic E-state index is 6.08. The van der Waals surface area contributed by atoms with Crippen LogP contribution in [0.15, 0.2) is 36.7 Å². The van der Waals surface area contributed by atoms with E-state index >= 15 is 0 Å². The van der Waals surface area contributed by atoms with Crippen LogP contribution in [-0.4, -0.2) is 36.3 Å². The molecular weight excluding hydrogens is 278 g/mol. The Bertz CT molecular complexity index is 541. The molecule has 6 heteroatoms. The fourth-order valence-electron chi connectivity index (χ4n) is 2.05. The van der Waals surface area contributed by atoms with Crippen LogP contribution in [0.3, 0.4) is 0 Å². The maximum Gasteiger partial charge on any atom is 0.176 e. The number of hydrogen-bond acceptors (Lipinski definition) is 4. The Hall–Kier alpha value is -1.56. The monoisotopic (exact) mass is 295 g/mol. The number of nitrogens with zero attached hydrogens (tertiary/aromatic N) is 2. The lowest BCUT2D eigenvalue weighted by atomic mass is 10.2. The molecule has 0 aliphatic carbocycles. The van der Waals surface area contributed by atoms with Gasteiger partial charge in [-0.25, -0.2) is 4.68 Å². The van der Waals surface area contributed by atoms with Gasteiger partial charge in [-0.3, -0.25) is 0 Å². The molecule has 1 atom stereocenters. The largest absolute Gasteiger partial charge is 0.376 e. The van der Waals surface area contributed by atoms with Gasteiger partial charge in [0.1, 0.15) is 0 Å². The minimum atomic E-state index is -0.348. The van der Waals surface area contributed by atoms with E-state index in [1.54, 1.807) is 25.1 Å². The van der Waals surface area contributed by atoms with Crippen molar-refractivity contribution in [2.45, 2.75) is 19.3 Å². The first-order valence-corrected chi connectivity index (χ1v) is 6.65. The van der Waals surface area contributed by atoms with Crippen LogP contribution in [0.4, 0.5) is 5.69 Å². The van der Waals surface area contributed by atoms with Gasteiger partial charge in [0.25, 0.3) is 0 Å². The lowest BCUT2D eigenvalue weighted by Crippen LogP contribution is -2.34. The molecule has 0 spiro atoms. The Balaban J connectivity index is 2.28. The highest BCUT2D eigenvalue weighted by atomic mass is 35.5. The highest BCUT2D eigenvalue weighted by Gasteiger charge is 2.17. The molecule has 0 aliphatic heterocycles. The Morgan fingerprint density at radius 3 is 2.65 bits per heavy atom. The van der Waals surface area contributed by atoms with Crippen molar-refractivity contribution in [2.75, 3.05) is 19.5 Å². The van der Waals surface area contributed by atoms with E-state index in [9.17, 15) is 0 Å². The highest BCUT2D eigenvalue weighted by Crippen LogP contribution is 2.25. The molecule has 0 aliphatic rings. The van der Waals surface area contributed by atoms with Crippen LogP contribution in [0.1, 0.15) is 6.92 Å². The molecule has 5 nitrogen and oxygen atoms in total. The molecule has 1 N–H and O–H groups in total. The molecule has 2 aromatic rings. The van der Waals surface area contributed by atoms with Gasteiger partial charge in [-0.1, -0.05) is 11.6 Å². The average molecular weight is 296 g/mol. The SMILES string of the molecule is COC(OC)C(C)Nc1cc(Cl)ccc1-n1cccn1. The second kappa shape index (κ2) is 6.74. The number of aromatic nitrogens is 2. The summed E-state index contributed by atoms with van der Waals surface area (Å²) < 4.78 is 12.3. The molecule has 0 saturated heterocycles. The van der Waals surface area contributed by atoms with Crippen LogP contribution in [0.5, 0.6) is 0 Å². The lowest BCUT2D eigenvalue weighted by molar-refractivity contribution is -0.109. The van der Waals surface area contributed by atoms with Crippen molar-refractivity contribution in [2.24, 2.45) is 0 Å². The van der Waals surface area contributed by atoms with Crippen LogP contribution in [0.25, 0.3) is 5.69 Å². The predicted molar refractivity (Wildman–Crippen MR) is 79.5 cm³/mol. The number of ether oxygens (including phenoxy) is 2. The molecule has 0 amide bonds. The molecule has 0 fully saturated rings. The lowest BCUT2D eigenvalue weighted by Gasteiger charge is -2.24. The van der Waals surface area contributed by atoms with E-state index in [2.05, 4.69) is 10.4 Å². The summed E-state index contributed by atoms with van der Waals surface area (Å²) in [6.07, 6.45) is 3.26. The fraction of sp³-hybridized carbons (Fsp3) is 0.357. The molecule has 2 rings (SSSR count). The van der Waals surface area contributed by atoms with Gasteiger partial charge in [-0.05, 0) is 31.2 Å². The van der Waals surface area contributed by atoms with Gasteiger partial charge in [0.05, 0.1) is 17.4 Å². The normalized spacial score (nSPS) is 12.7. The fourth-order valence-corrected chi connectivity index (χ4v) is 2.22. The van der Waals surface area contributed by atoms with Gasteiger partial charge in [0.15, 0.2) is 6.29 Å². The smallest absolute Gasteiger partial charge is 0.176 e. The van der Waals surface area contributed by atoms with Gasteiger partial charge < -0.3 is 14.8 Å². The predicted octanol–water partition coefficient (Wildman–Crippen LogP) is 2.95. The quantitative estimate of drug-likeness (QED) is 0.833. The first-order chi connectivity index (χ1) is 9.65. The number of hydrogen-bond donors (Lipinski definition) is 1. The van der Waals surface area contributed by atoms with E-state index in [1.807, 2.05) is 37.4 Å². The van der Waals surface area contributed by atoms with Crippen molar-refractivity contribution in [1.82, 2.24) is 9.78 Å². The number of anilines is 1. The minimum absolute atomic E-state index is 0.0437. The molecule has 0 saturated carbocycles. The number of nitrogens with one attached hydrogen (secondary N) is 1. The van der Waals surface area contributed by atoms with Gasteiger partial charge in [-0.2, -0.15) is 5.10 Å². The standard InChI is InChI=1S/C14H18ClN3O2/c1-10(14(19-2)20-3)17-12-9-11(15)5-6-13(12)18-8-4-7-16-18/h4-10,14,17H,1-3H3. The first kappa shape index (κ1) is 14.8. The van der Waals surface area contributed by atoms with Crippen molar-refractivity contribution < 1.29 is 9.47 Å². The number of halogens is 1. The zero-order valence-corrected chi connectivity index (χ0v) is 12.5. The van der Waals surface area contributed by atoms with Crippen molar-refractivity contribution in [3.63, 3.8) is 0 Å². The molecule has 0 bridgehead atoms. The summed E-state index contributed by atoms with van der Waals surface area (Å²) in [7, 11) is 3.22. The molecule has 1 aromatic carbocycles. The second-order valence-corrected chi connectivity index (χ2v) is 4.82. The van der Waals surface area contributed by atoms with Gasteiger partial charge in [-0.15, -0.1) is 0 Å². The Labute approximate surface area is 123 Å². The Morgan fingerprint density at radius 2 is 2.05 bits per heavy atom. The molecule has 20 heavy (non-hydrogen) atoms. The summed E-state index contributed by atoms with van der Waals surface area (Å²) in [5.41, 5.74) is 1.78. The van der Waals surface area contributed by atoms with E-state index in [0.29, 0.717) is 5.02 Å². The van der Waals surface area contributed by atoms with E-state index < -0.39 is 0 Å². The summed E-state index contributed by atoms with van der Waals surface area (Å²) >= 11 is 6.08. The summed E-state index contributed by atoms with van der Waals surface area (Å²) in [6.45, 7) is 1.98. The Morgan fingerprint density at radius 1 is 1.30 bits per heavy atom. The van der Waals surface area contributed by atoms with Gasteiger partial charge in [0.2, 0.25) is 0 Å². The zero-order chi connectivity index (χ0) is 14.5. The van der Waals surface area contributed by atoms with E-state index in [4.69, 9.17) is 21.1 Å². The summed E-state index contributed by atoms with van der Waals surface area (Å²) in [5.74, 6) is 0. The van der Waals surface area contributed by atoms with Crippen LogP contribution in [0, 0.1) is 0 Å². The summed E-state index contributed by atoms with van der Waals surface area (Å²) in [6, 6.07) is 7.43. The van der Waals surface area contributed by atoms with E-state index in [1.165, 1.54) is 0 Å². The molecule has 1 unspecified atom stereocenters. The van der Waals surface area contributed by atoms with Crippen LogP contribution in [0.2, 0.25) is 5.02 Å². The summed E-state index contributed by atoms with van der Waals surface area (Å²) in [5, 5.41) is 8.24. The first-order valence-electron chi connectivity index (χ1n) is 6.27. The topological polar surface area (TPSA) is 48.3 Å². The second-order valence-electron chi connectivity index (χ2n) is 4.38. The maximum absolute atomic E-state index is 6.08. The van der Waals surface area contributed by atoms with Gasteiger partial charge in [0, 0.05) is 31.6 Å². The third-order valence-corrected chi connectivity index (χ3v) is 3.20. The van der Waals surface area contributed by atoms with Gasteiger partial charge >= 0.3 is 0 Å². The number of rotatable bonds is 6. The van der Waals surface area contributed by atoms with Crippen molar-refractivity contribution in [3.05, 3.63) is 41.7 Å². The molecular formula is C14H18ClN3O2. The average Bonchev–Trinajstić information content (AvgIpc) is 2.94.